The van der Waals surface area contributed by atoms with Gasteiger partial charge in [0.05, 0.1) is 3.79 Å². The van der Waals surface area contributed by atoms with Crippen LogP contribution in [-0.4, -0.2) is 0 Å². The Kier molecular flexibility index (Phi) is 3.06. The molecule has 0 saturated heterocycles. The van der Waals surface area contributed by atoms with Crippen molar-refractivity contribution in [2.24, 2.45) is 11.7 Å². The Morgan fingerprint density at radius 1 is 1.54 bits per heavy atom. The van der Waals surface area contributed by atoms with Gasteiger partial charge in [0.1, 0.15) is 0 Å². The molecule has 0 bridgehead atoms. The summed E-state index contributed by atoms with van der Waals surface area (Å²) in [6, 6.07) is 4.49. The molecule has 0 radical (unpaired) electrons. The lowest BCUT2D eigenvalue weighted by atomic mass is 9.81. The molecule has 0 spiro atoms. The van der Waals surface area contributed by atoms with Crippen LogP contribution in [0.2, 0.25) is 0 Å². The molecule has 1 heterocycles. The van der Waals surface area contributed by atoms with E-state index in [9.17, 15) is 0 Å². The van der Waals surface area contributed by atoms with Crippen LogP contribution in [0.1, 0.15) is 36.6 Å². The fourth-order valence-electron chi connectivity index (χ4n) is 1.73. The van der Waals surface area contributed by atoms with Gasteiger partial charge in [-0.3, -0.25) is 0 Å². The van der Waals surface area contributed by atoms with E-state index in [-0.39, 0.29) is 6.04 Å². The van der Waals surface area contributed by atoms with Crippen molar-refractivity contribution in [3.8, 4) is 0 Å². The molecule has 13 heavy (non-hydrogen) atoms. The molecule has 3 heteroatoms. The molecular formula is C10H14BrNS. The van der Waals surface area contributed by atoms with Crippen LogP contribution in [0.3, 0.4) is 0 Å². The largest absolute Gasteiger partial charge is 0.323 e. The molecule has 1 atom stereocenters. The van der Waals surface area contributed by atoms with Crippen molar-refractivity contribution < 1.29 is 0 Å². The van der Waals surface area contributed by atoms with Gasteiger partial charge >= 0.3 is 0 Å². The fraction of sp³-hybridized carbons (Fsp3) is 0.600. The molecule has 1 nitrogen and oxygen atoms in total. The molecular weight excluding hydrogens is 246 g/mol. The molecule has 1 fully saturated rings. The van der Waals surface area contributed by atoms with Crippen molar-refractivity contribution in [3.05, 3.63) is 20.8 Å². The maximum Gasteiger partial charge on any atom is 0.0701 e. The highest BCUT2D eigenvalue weighted by Crippen LogP contribution is 2.36. The van der Waals surface area contributed by atoms with Crippen LogP contribution in [0, 0.1) is 5.92 Å². The van der Waals surface area contributed by atoms with Crippen LogP contribution in [-0.2, 0) is 0 Å². The molecule has 0 aromatic carbocycles. The lowest BCUT2D eigenvalue weighted by molar-refractivity contribution is 0.278. The Hall–Kier alpha value is 0.140. The SMILES string of the molecule is NC(CC1CCC1)c1ccc(Br)s1. The Labute approximate surface area is 91.5 Å². The van der Waals surface area contributed by atoms with E-state index in [0.29, 0.717) is 0 Å². The highest BCUT2D eigenvalue weighted by molar-refractivity contribution is 9.11. The topological polar surface area (TPSA) is 26.0 Å². The summed E-state index contributed by atoms with van der Waals surface area (Å²) in [6.45, 7) is 0. The molecule has 2 rings (SSSR count). The molecule has 1 saturated carbocycles. The van der Waals surface area contributed by atoms with Gasteiger partial charge in [0.15, 0.2) is 0 Å². The summed E-state index contributed by atoms with van der Waals surface area (Å²) in [6.07, 6.45) is 5.36. The van der Waals surface area contributed by atoms with Gasteiger partial charge in [0.2, 0.25) is 0 Å². The smallest absolute Gasteiger partial charge is 0.0701 e. The highest BCUT2D eigenvalue weighted by Gasteiger charge is 2.21. The number of thiophene rings is 1. The molecule has 72 valence electrons. The first-order chi connectivity index (χ1) is 6.25. The van der Waals surface area contributed by atoms with E-state index < -0.39 is 0 Å². The van der Waals surface area contributed by atoms with E-state index in [1.807, 2.05) is 0 Å². The van der Waals surface area contributed by atoms with Crippen LogP contribution in [0.5, 0.6) is 0 Å². The van der Waals surface area contributed by atoms with Crippen molar-refractivity contribution in [1.29, 1.82) is 0 Å². The van der Waals surface area contributed by atoms with Crippen LogP contribution in [0.15, 0.2) is 15.9 Å². The van der Waals surface area contributed by atoms with Gasteiger partial charge in [-0.25, -0.2) is 0 Å². The second kappa shape index (κ2) is 4.11. The van der Waals surface area contributed by atoms with E-state index in [2.05, 4.69) is 28.1 Å². The summed E-state index contributed by atoms with van der Waals surface area (Å²) in [5.74, 6) is 0.899. The summed E-state index contributed by atoms with van der Waals surface area (Å²) in [4.78, 5) is 1.32. The summed E-state index contributed by atoms with van der Waals surface area (Å²) >= 11 is 5.22. The van der Waals surface area contributed by atoms with Crippen LogP contribution >= 0.6 is 27.3 Å². The maximum atomic E-state index is 6.11. The van der Waals surface area contributed by atoms with E-state index in [4.69, 9.17) is 5.73 Å². The third-order valence-corrected chi connectivity index (χ3v) is 4.53. The van der Waals surface area contributed by atoms with Gasteiger partial charge in [-0.05, 0) is 40.4 Å². The zero-order valence-corrected chi connectivity index (χ0v) is 9.90. The zero-order valence-electron chi connectivity index (χ0n) is 7.50. The summed E-state index contributed by atoms with van der Waals surface area (Å²) in [7, 11) is 0. The molecule has 1 aromatic rings. The van der Waals surface area contributed by atoms with Gasteiger partial charge in [-0.2, -0.15) is 0 Å². The Bertz CT molecular complexity index is 280. The molecule has 1 aliphatic rings. The molecule has 1 aliphatic carbocycles. The zero-order chi connectivity index (χ0) is 9.26. The number of rotatable bonds is 3. The van der Waals surface area contributed by atoms with Crippen molar-refractivity contribution in [1.82, 2.24) is 0 Å². The van der Waals surface area contributed by atoms with Crippen molar-refractivity contribution in [2.75, 3.05) is 0 Å². The molecule has 0 amide bonds. The first-order valence-electron chi connectivity index (χ1n) is 4.76. The molecule has 1 aromatic heterocycles. The Balaban J connectivity index is 1.92. The quantitative estimate of drug-likeness (QED) is 0.881. The van der Waals surface area contributed by atoms with Gasteiger partial charge in [0, 0.05) is 10.9 Å². The standard InChI is InChI=1S/C10H14BrNS/c11-10-5-4-9(13-10)8(12)6-7-2-1-3-7/h4-5,7-8H,1-3,6,12H2. The second-order valence-corrected chi connectivity index (χ2v) is 6.28. The van der Waals surface area contributed by atoms with Crippen LogP contribution in [0.4, 0.5) is 0 Å². The Morgan fingerprint density at radius 2 is 2.31 bits per heavy atom. The minimum atomic E-state index is 0.265. The third-order valence-electron chi connectivity index (χ3n) is 2.77. The third kappa shape index (κ3) is 2.33. The van der Waals surface area contributed by atoms with Gasteiger partial charge in [-0.15, -0.1) is 11.3 Å². The van der Waals surface area contributed by atoms with Crippen LogP contribution < -0.4 is 5.73 Å². The second-order valence-electron chi connectivity index (χ2n) is 3.78. The number of nitrogens with two attached hydrogens (primary N) is 1. The monoisotopic (exact) mass is 259 g/mol. The highest BCUT2D eigenvalue weighted by atomic mass is 79.9. The average molecular weight is 260 g/mol. The predicted octanol–water partition coefficient (Wildman–Crippen LogP) is 3.70. The molecule has 0 aliphatic heterocycles. The van der Waals surface area contributed by atoms with Gasteiger partial charge in [0.25, 0.3) is 0 Å². The summed E-state index contributed by atoms with van der Waals surface area (Å²) in [5, 5.41) is 0. The molecule has 1 unspecified atom stereocenters. The van der Waals surface area contributed by atoms with Crippen LogP contribution in [0.25, 0.3) is 0 Å². The maximum absolute atomic E-state index is 6.11. The number of hydrogen-bond acceptors (Lipinski definition) is 2. The van der Waals surface area contributed by atoms with Crippen molar-refractivity contribution in [3.63, 3.8) is 0 Å². The van der Waals surface area contributed by atoms with E-state index in [1.54, 1.807) is 11.3 Å². The first-order valence-corrected chi connectivity index (χ1v) is 6.37. The Morgan fingerprint density at radius 3 is 2.77 bits per heavy atom. The predicted molar refractivity (Wildman–Crippen MR) is 60.9 cm³/mol. The minimum Gasteiger partial charge on any atom is -0.323 e. The van der Waals surface area contributed by atoms with E-state index in [0.717, 1.165) is 5.92 Å². The molecule has 2 N–H and O–H groups in total. The lowest BCUT2D eigenvalue weighted by Gasteiger charge is -2.27. The van der Waals surface area contributed by atoms with E-state index >= 15 is 0 Å². The number of hydrogen-bond donors (Lipinski definition) is 1. The summed E-state index contributed by atoms with van der Waals surface area (Å²) in [5.41, 5.74) is 6.11. The lowest BCUT2D eigenvalue weighted by Crippen LogP contribution is -2.19. The normalized spacial score (nSPS) is 19.8. The van der Waals surface area contributed by atoms with Crippen molar-refractivity contribution >= 4 is 27.3 Å². The average Bonchev–Trinajstić information content (AvgIpc) is 2.44. The number of halogens is 1. The first kappa shape index (κ1) is 9.69. The minimum absolute atomic E-state index is 0.265. The van der Waals surface area contributed by atoms with Gasteiger partial charge < -0.3 is 5.73 Å². The summed E-state index contributed by atoms with van der Waals surface area (Å²) < 4.78 is 1.19. The van der Waals surface area contributed by atoms with Gasteiger partial charge in [-0.1, -0.05) is 19.3 Å². The van der Waals surface area contributed by atoms with E-state index in [1.165, 1.54) is 34.3 Å². The van der Waals surface area contributed by atoms with Crippen molar-refractivity contribution in [2.45, 2.75) is 31.7 Å². The fourth-order valence-corrected chi connectivity index (χ4v) is 3.17.